The molecule has 0 saturated heterocycles. The third-order valence-corrected chi connectivity index (χ3v) is 5.67. The van der Waals surface area contributed by atoms with Gasteiger partial charge < -0.3 is 5.73 Å². The summed E-state index contributed by atoms with van der Waals surface area (Å²) in [6.07, 6.45) is 0.500. The van der Waals surface area contributed by atoms with Crippen LogP contribution in [0.15, 0.2) is 53.4 Å². The molecule has 2 aromatic rings. The van der Waals surface area contributed by atoms with Gasteiger partial charge in [-0.3, -0.25) is 10.1 Å². The molecule has 134 valence electrons. The summed E-state index contributed by atoms with van der Waals surface area (Å²) in [7, 11) is -3.87. The Morgan fingerprint density at radius 3 is 2.44 bits per heavy atom. The van der Waals surface area contributed by atoms with Crippen LogP contribution in [-0.2, 0) is 16.6 Å². The molecule has 0 aromatic heterocycles. The maximum atomic E-state index is 13.0. The molecule has 0 atom stereocenters. The Morgan fingerprint density at radius 1 is 1.16 bits per heavy atom. The summed E-state index contributed by atoms with van der Waals surface area (Å²) >= 11 is 0. The Labute approximate surface area is 147 Å². The van der Waals surface area contributed by atoms with Gasteiger partial charge in [0, 0.05) is 24.7 Å². The number of nitro benzene ring substituents is 1. The van der Waals surface area contributed by atoms with E-state index < -0.39 is 14.9 Å². The molecule has 2 N–H and O–H groups in total. The minimum atomic E-state index is -3.87. The minimum Gasteiger partial charge on any atom is -0.330 e. The van der Waals surface area contributed by atoms with Crippen molar-refractivity contribution >= 4 is 15.7 Å². The number of nitrogens with zero attached hydrogens (tertiary/aromatic N) is 2. The number of hydrogen-bond donors (Lipinski definition) is 1. The van der Waals surface area contributed by atoms with Gasteiger partial charge in [0.05, 0.1) is 9.82 Å². The lowest BCUT2D eigenvalue weighted by Gasteiger charge is -2.22. The van der Waals surface area contributed by atoms with Crippen molar-refractivity contribution in [2.75, 3.05) is 13.1 Å². The lowest BCUT2D eigenvalue weighted by molar-refractivity contribution is -0.385. The average Bonchev–Trinajstić information content (AvgIpc) is 2.59. The molecule has 0 spiro atoms. The number of hydrogen-bond acceptors (Lipinski definition) is 5. The number of nitrogens with two attached hydrogens (primary N) is 1. The quantitative estimate of drug-likeness (QED) is 0.573. The zero-order chi connectivity index (χ0) is 18.4. The number of aryl methyl sites for hydroxylation is 1. The molecule has 0 fully saturated rings. The van der Waals surface area contributed by atoms with E-state index in [-0.39, 0.29) is 23.7 Å². The third-order valence-electron chi connectivity index (χ3n) is 3.83. The van der Waals surface area contributed by atoms with Crippen LogP contribution in [0.25, 0.3) is 0 Å². The lowest BCUT2D eigenvalue weighted by Crippen LogP contribution is -2.32. The van der Waals surface area contributed by atoms with E-state index in [1.165, 1.54) is 16.4 Å². The summed E-state index contributed by atoms with van der Waals surface area (Å²) in [5.41, 5.74) is 6.57. The first-order valence-corrected chi connectivity index (χ1v) is 9.29. The Balaban J connectivity index is 2.40. The van der Waals surface area contributed by atoms with Gasteiger partial charge in [0.25, 0.3) is 5.69 Å². The molecule has 0 aliphatic heterocycles. The second-order valence-electron chi connectivity index (χ2n) is 5.67. The van der Waals surface area contributed by atoms with Crippen molar-refractivity contribution in [3.63, 3.8) is 0 Å². The van der Waals surface area contributed by atoms with Crippen LogP contribution >= 0.6 is 0 Å². The maximum Gasteiger partial charge on any atom is 0.273 e. The summed E-state index contributed by atoms with van der Waals surface area (Å²) < 4.78 is 27.3. The second-order valence-corrected chi connectivity index (χ2v) is 7.61. The molecular weight excluding hydrogens is 342 g/mol. The third kappa shape index (κ3) is 4.62. The van der Waals surface area contributed by atoms with E-state index >= 15 is 0 Å². The minimum absolute atomic E-state index is 0.0854. The monoisotopic (exact) mass is 363 g/mol. The molecule has 0 bridgehead atoms. The molecule has 8 heteroatoms. The highest BCUT2D eigenvalue weighted by Crippen LogP contribution is 2.25. The van der Waals surface area contributed by atoms with Crippen LogP contribution in [0, 0.1) is 17.0 Å². The highest BCUT2D eigenvalue weighted by molar-refractivity contribution is 7.89. The molecule has 2 rings (SSSR count). The van der Waals surface area contributed by atoms with E-state index in [9.17, 15) is 18.5 Å². The molecule has 0 radical (unpaired) electrons. The first kappa shape index (κ1) is 19.0. The van der Waals surface area contributed by atoms with Gasteiger partial charge in [-0.2, -0.15) is 4.31 Å². The normalized spacial score (nSPS) is 11.6. The number of sulfonamides is 1. The zero-order valence-corrected chi connectivity index (χ0v) is 14.8. The predicted octanol–water partition coefficient (Wildman–Crippen LogP) is 2.44. The summed E-state index contributed by atoms with van der Waals surface area (Å²) in [4.78, 5) is 10.5. The Hall–Kier alpha value is -2.29. The number of benzene rings is 2. The Bertz CT molecular complexity index is 838. The van der Waals surface area contributed by atoms with E-state index in [0.717, 1.165) is 11.6 Å². The van der Waals surface area contributed by atoms with Crippen LogP contribution < -0.4 is 5.73 Å². The second kappa shape index (κ2) is 8.19. The summed E-state index contributed by atoms with van der Waals surface area (Å²) in [6, 6.07) is 13.2. The lowest BCUT2D eigenvalue weighted by atomic mass is 10.2. The molecule has 0 saturated carbocycles. The highest BCUT2D eigenvalue weighted by Gasteiger charge is 2.26. The largest absolute Gasteiger partial charge is 0.330 e. The van der Waals surface area contributed by atoms with Crippen molar-refractivity contribution in [2.45, 2.75) is 24.8 Å². The van der Waals surface area contributed by atoms with Crippen LogP contribution in [0.1, 0.15) is 17.5 Å². The molecule has 0 aliphatic rings. The highest BCUT2D eigenvalue weighted by atomic mass is 32.2. The zero-order valence-electron chi connectivity index (χ0n) is 14.0. The SMILES string of the molecule is Cc1ccc(S(=O)(=O)N(CCCN)Cc2ccccc2)cc1[N+](=O)[O-]. The van der Waals surface area contributed by atoms with E-state index in [2.05, 4.69) is 0 Å². The van der Waals surface area contributed by atoms with Crippen LogP contribution in [0.5, 0.6) is 0 Å². The van der Waals surface area contributed by atoms with Gasteiger partial charge in [0.1, 0.15) is 0 Å². The van der Waals surface area contributed by atoms with Gasteiger partial charge in [-0.25, -0.2) is 8.42 Å². The standard InChI is InChI=1S/C17H21N3O4S/c1-14-8-9-16(12-17(14)20(21)22)25(23,24)19(11-5-10-18)13-15-6-3-2-4-7-15/h2-4,6-9,12H,5,10-11,13,18H2,1H3. The van der Waals surface area contributed by atoms with E-state index in [1.54, 1.807) is 6.92 Å². The first-order chi connectivity index (χ1) is 11.9. The van der Waals surface area contributed by atoms with Gasteiger partial charge in [0.15, 0.2) is 0 Å². The molecule has 0 heterocycles. The molecule has 0 aliphatic carbocycles. The fourth-order valence-corrected chi connectivity index (χ4v) is 3.92. The van der Waals surface area contributed by atoms with Gasteiger partial charge in [-0.05, 0) is 31.5 Å². The van der Waals surface area contributed by atoms with Crippen LogP contribution in [0.2, 0.25) is 0 Å². The van der Waals surface area contributed by atoms with Crippen LogP contribution in [-0.4, -0.2) is 30.7 Å². The molecule has 2 aromatic carbocycles. The van der Waals surface area contributed by atoms with Crippen molar-refractivity contribution in [3.8, 4) is 0 Å². The van der Waals surface area contributed by atoms with Crippen LogP contribution in [0.3, 0.4) is 0 Å². The summed E-state index contributed by atoms with van der Waals surface area (Å²) in [6.45, 7) is 2.36. The van der Waals surface area contributed by atoms with Gasteiger partial charge in [0.2, 0.25) is 10.0 Å². The topological polar surface area (TPSA) is 107 Å². The maximum absolute atomic E-state index is 13.0. The summed E-state index contributed by atoms with van der Waals surface area (Å²) in [5, 5.41) is 11.1. The van der Waals surface area contributed by atoms with Gasteiger partial charge >= 0.3 is 0 Å². The molecule has 7 nitrogen and oxygen atoms in total. The van der Waals surface area contributed by atoms with E-state index in [0.29, 0.717) is 18.5 Å². The Morgan fingerprint density at radius 2 is 1.84 bits per heavy atom. The number of rotatable bonds is 8. The fourth-order valence-electron chi connectivity index (χ4n) is 2.43. The van der Waals surface area contributed by atoms with E-state index in [1.807, 2.05) is 30.3 Å². The van der Waals surface area contributed by atoms with Crippen LogP contribution in [0.4, 0.5) is 5.69 Å². The van der Waals surface area contributed by atoms with Crippen molar-refractivity contribution < 1.29 is 13.3 Å². The van der Waals surface area contributed by atoms with Crippen molar-refractivity contribution in [1.29, 1.82) is 0 Å². The van der Waals surface area contributed by atoms with Gasteiger partial charge in [-0.1, -0.05) is 36.4 Å². The number of nitro groups is 1. The van der Waals surface area contributed by atoms with Crippen molar-refractivity contribution in [1.82, 2.24) is 4.31 Å². The van der Waals surface area contributed by atoms with Crippen molar-refractivity contribution in [3.05, 3.63) is 69.8 Å². The smallest absolute Gasteiger partial charge is 0.273 e. The average molecular weight is 363 g/mol. The molecule has 25 heavy (non-hydrogen) atoms. The van der Waals surface area contributed by atoms with E-state index in [4.69, 9.17) is 5.73 Å². The first-order valence-electron chi connectivity index (χ1n) is 7.85. The molecule has 0 unspecified atom stereocenters. The Kier molecular flexibility index (Phi) is 6.24. The van der Waals surface area contributed by atoms with Crippen molar-refractivity contribution in [2.24, 2.45) is 5.73 Å². The molecule has 0 amide bonds. The van der Waals surface area contributed by atoms with Gasteiger partial charge in [-0.15, -0.1) is 0 Å². The summed E-state index contributed by atoms with van der Waals surface area (Å²) in [5.74, 6) is 0. The molecular formula is C17H21N3O4S. The predicted molar refractivity (Wildman–Crippen MR) is 95.5 cm³/mol. The fraction of sp³-hybridized carbons (Fsp3) is 0.294.